The number of hydrogen-bond donors (Lipinski definition) is 1. The lowest BCUT2D eigenvalue weighted by Gasteiger charge is -2.18. The van der Waals surface area contributed by atoms with Gasteiger partial charge in [0, 0.05) is 24.5 Å². The van der Waals surface area contributed by atoms with Gasteiger partial charge >= 0.3 is 6.03 Å². The molecule has 0 aliphatic carbocycles. The molecule has 0 bridgehead atoms. The molecule has 130 valence electrons. The monoisotopic (exact) mass is 339 g/mol. The van der Waals surface area contributed by atoms with E-state index in [9.17, 15) is 9.59 Å². The zero-order chi connectivity index (χ0) is 17.8. The molecule has 3 amide bonds. The minimum atomic E-state index is -0.200. The standard InChI is InChI=1S/C19H21N3O3/c1-14-3-5-15(6-4-14)20-18(23)13-21-11-12-22(19(21)24)16-7-9-17(25-2)10-8-16/h3-10H,11-13H2,1-2H3,(H,20,23). The number of benzene rings is 2. The van der Waals surface area contributed by atoms with Crippen molar-refractivity contribution in [2.45, 2.75) is 6.92 Å². The van der Waals surface area contributed by atoms with Crippen LogP contribution in [0.15, 0.2) is 48.5 Å². The third kappa shape index (κ3) is 3.91. The van der Waals surface area contributed by atoms with Crippen LogP contribution in [-0.4, -0.2) is 43.6 Å². The molecule has 0 radical (unpaired) electrons. The summed E-state index contributed by atoms with van der Waals surface area (Å²) in [6.45, 7) is 3.11. The highest BCUT2D eigenvalue weighted by atomic mass is 16.5. The number of anilines is 2. The second kappa shape index (κ2) is 7.25. The summed E-state index contributed by atoms with van der Waals surface area (Å²) in [5.74, 6) is 0.540. The van der Waals surface area contributed by atoms with E-state index in [-0.39, 0.29) is 18.5 Å². The summed E-state index contributed by atoms with van der Waals surface area (Å²) in [5.41, 5.74) is 2.66. The Bertz CT molecular complexity index is 756. The van der Waals surface area contributed by atoms with E-state index in [1.807, 2.05) is 55.5 Å². The van der Waals surface area contributed by atoms with Crippen LogP contribution in [0.4, 0.5) is 16.2 Å². The predicted molar refractivity (Wildman–Crippen MR) is 97.1 cm³/mol. The summed E-state index contributed by atoms with van der Waals surface area (Å²) >= 11 is 0. The van der Waals surface area contributed by atoms with Crippen LogP contribution in [-0.2, 0) is 4.79 Å². The van der Waals surface area contributed by atoms with Crippen molar-refractivity contribution in [2.75, 3.05) is 37.0 Å². The predicted octanol–water partition coefficient (Wildman–Crippen LogP) is 2.88. The van der Waals surface area contributed by atoms with E-state index in [4.69, 9.17) is 4.74 Å². The van der Waals surface area contributed by atoms with E-state index in [1.165, 1.54) is 0 Å². The van der Waals surface area contributed by atoms with Gasteiger partial charge < -0.3 is 15.0 Å². The SMILES string of the molecule is COc1ccc(N2CCN(CC(=O)Nc3ccc(C)cc3)C2=O)cc1. The van der Waals surface area contributed by atoms with Crippen LogP contribution in [0.5, 0.6) is 5.75 Å². The number of aryl methyl sites for hydroxylation is 1. The Morgan fingerprint density at radius 2 is 1.76 bits per heavy atom. The zero-order valence-electron chi connectivity index (χ0n) is 14.4. The number of nitrogens with one attached hydrogen (secondary N) is 1. The first-order valence-electron chi connectivity index (χ1n) is 8.14. The van der Waals surface area contributed by atoms with Crippen molar-refractivity contribution in [3.63, 3.8) is 0 Å². The quantitative estimate of drug-likeness (QED) is 0.911. The van der Waals surface area contributed by atoms with Gasteiger partial charge in [-0.2, -0.15) is 0 Å². The maximum absolute atomic E-state index is 12.5. The Morgan fingerprint density at radius 3 is 2.40 bits per heavy atom. The second-order valence-corrected chi connectivity index (χ2v) is 5.97. The van der Waals surface area contributed by atoms with Gasteiger partial charge in [0.1, 0.15) is 12.3 Å². The average molecular weight is 339 g/mol. The average Bonchev–Trinajstić information content (AvgIpc) is 2.97. The van der Waals surface area contributed by atoms with E-state index < -0.39 is 0 Å². The summed E-state index contributed by atoms with van der Waals surface area (Å²) in [4.78, 5) is 27.9. The van der Waals surface area contributed by atoms with Crippen molar-refractivity contribution in [2.24, 2.45) is 0 Å². The fourth-order valence-electron chi connectivity index (χ4n) is 2.74. The topological polar surface area (TPSA) is 61.9 Å². The van der Waals surface area contributed by atoms with Crippen molar-refractivity contribution in [1.82, 2.24) is 4.90 Å². The molecule has 1 aliphatic heterocycles. The van der Waals surface area contributed by atoms with Crippen molar-refractivity contribution >= 4 is 23.3 Å². The number of rotatable bonds is 5. The summed E-state index contributed by atoms with van der Waals surface area (Å²) < 4.78 is 5.13. The molecule has 1 N–H and O–H groups in total. The second-order valence-electron chi connectivity index (χ2n) is 5.97. The lowest BCUT2D eigenvalue weighted by molar-refractivity contribution is -0.116. The smallest absolute Gasteiger partial charge is 0.325 e. The molecule has 0 atom stereocenters. The Hall–Kier alpha value is -3.02. The van der Waals surface area contributed by atoms with Gasteiger partial charge in [-0.15, -0.1) is 0 Å². The highest BCUT2D eigenvalue weighted by Gasteiger charge is 2.30. The van der Waals surface area contributed by atoms with Crippen molar-refractivity contribution < 1.29 is 14.3 Å². The van der Waals surface area contributed by atoms with Gasteiger partial charge in [0.15, 0.2) is 0 Å². The minimum absolute atomic E-state index is 0.0410. The van der Waals surface area contributed by atoms with Gasteiger partial charge in [-0.25, -0.2) is 4.79 Å². The number of methoxy groups -OCH3 is 1. The number of ether oxygens (including phenoxy) is 1. The molecule has 6 nitrogen and oxygen atoms in total. The van der Waals surface area contributed by atoms with Gasteiger partial charge in [-0.05, 0) is 43.3 Å². The maximum atomic E-state index is 12.5. The number of urea groups is 1. The highest BCUT2D eigenvalue weighted by molar-refractivity contribution is 5.99. The van der Waals surface area contributed by atoms with Crippen LogP contribution in [0.1, 0.15) is 5.56 Å². The van der Waals surface area contributed by atoms with Crippen LogP contribution in [0.25, 0.3) is 0 Å². The van der Waals surface area contributed by atoms with Crippen LogP contribution in [0.3, 0.4) is 0 Å². The van der Waals surface area contributed by atoms with Gasteiger partial charge in [-0.1, -0.05) is 17.7 Å². The van der Waals surface area contributed by atoms with Gasteiger partial charge in [0.05, 0.1) is 7.11 Å². The van der Waals surface area contributed by atoms with E-state index in [0.717, 1.165) is 22.7 Å². The van der Waals surface area contributed by atoms with E-state index in [2.05, 4.69) is 5.32 Å². The molecule has 6 heteroatoms. The van der Waals surface area contributed by atoms with Crippen LogP contribution in [0.2, 0.25) is 0 Å². The van der Waals surface area contributed by atoms with Gasteiger partial charge in [0.25, 0.3) is 0 Å². The Morgan fingerprint density at radius 1 is 1.08 bits per heavy atom. The van der Waals surface area contributed by atoms with Crippen LogP contribution >= 0.6 is 0 Å². The fourth-order valence-corrected chi connectivity index (χ4v) is 2.74. The van der Waals surface area contributed by atoms with Crippen molar-refractivity contribution in [3.8, 4) is 5.75 Å². The molecular formula is C19H21N3O3. The zero-order valence-corrected chi connectivity index (χ0v) is 14.4. The molecule has 25 heavy (non-hydrogen) atoms. The lowest BCUT2D eigenvalue weighted by Crippen LogP contribution is -2.37. The normalized spacial score (nSPS) is 13.9. The number of carbonyl (C=O) groups is 2. The van der Waals surface area contributed by atoms with Gasteiger partial charge in [-0.3, -0.25) is 9.69 Å². The Balaban J connectivity index is 1.59. The molecule has 0 aromatic heterocycles. The summed E-state index contributed by atoms with van der Waals surface area (Å²) in [6, 6.07) is 14.7. The van der Waals surface area contributed by atoms with Crippen molar-refractivity contribution in [1.29, 1.82) is 0 Å². The molecule has 1 aliphatic rings. The Kier molecular flexibility index (Phi) is 4.88. The molecule has 1 fully saturated rings. The first-order valence-corrected chi connectivity index (χ1v) is 8.14. The summed E-state index contributed by atoms with van der Waals surface area (Å²) in [5, 5.41) is 2.82. The minimum Gasteiger partial charge on any atom is -0.497 e. The molecule has 0 spiro atoms. The van der Waals surface area contributed by atoms with Crippen molar-refractivity contribution in [3.05, 3.63) is 54.1 Å². The highest BCUT2D eigenvalue weighted by Crippen LogP contribution is 2.23. The molecule has 1 heterocycles. The largest absolute Gasteiger partial charge is 0.497 e. The van der Waals surface area contributed by atoms with E-state index >= 15 is 0 Å². The maximum Gasteiger partial charge on any atom is 0.325 e. The van der Waals surface area contributed by atoms with E-state index in [1.54, 1.807) is 16.9 Å². The molecule has 0 unspecified atom stereocenters. The number of carbonyl (C=O) groups excluding carboxylic acids is 2. The molecule has 1 saturated heterocycles. The number of amides is 3. The molecule has 3 rings (SSSR count). The fraction of sp³-hybridized carbons (Fsp3) is 0.263. The molecule has 0 saturated carbocycles. The number of nitrogens with zero attached hydrogens (tertiary/aromatic N) is 2. The van der Waals surface area contributed by atoms with Gasteiger partial charge in [0.2, 0.25) is 5.91 Å². The Labute approximate surface area is 147 Å². The third-order valence-electron chi connectivity index (χ3n) is 4.15. The van der Waals surface area contributed by atoms with Crippen LogP contribution in [0, 0.1) is 6.92 Å². The third-order valence-corrected chi connectivity index (χ3v) is 4.15. The first-order chi connectivity index (χ1) is 12.1. The lowest BCUT2D eigenvalue weighted by atomic mass is 10.2. The first kappa shape index (κ1) is 16.8. The summed E-state index contributed by atoms with van der Waals surface area (Å²) in [7, 11) is 1.60. The number of hydrogen-bond acceptors (Lipinski definition) is 3. The summed E-state index contributed by atoms with van der Waals surface area (Å²) in [6.07, 6.45) is 0. The molecule has 2 aromatic carbocycles. The van der Waals surface area contributed by atoms with E-state index in [0.29, 0.717) is 13.1 Å². The molecular weight excluding hydrogens is 318 g/mol. The molecule has 2 aromatic rings. The van der Waals surface area contributed by atoms with Crippen LogP contribution < -0.4 is 15.0 Å².